The lowest BCUT2D eigenvalue weighted by Gasteiger charge is -2.25. The average molecular weight is 379 g/mol. The molecule has 7 nitrogen and oxygen atoms in total. The summed E-state index contributed by atoms with van der Waals surface area (Å²) < 4.78 is 10.7. The van der Waals surface area contributed by atoms with E-state index in [0.717, 1.165) is 44.1 Å². The molecule has 0 bridgehead atoms. The predicted molar refractivity (Wildman–Crippen MR) is 107 cm³/mol. The van der Waals surface area contributed by atoms with E-state index in [9.17, 15) is 4.79 Å². The van der Waals surface area contributed by atoms with Crippen molar-refractivity contribution < 1.29 is 13.9 Å². The molecule has 2 rings (SSSR count). The fourth-order valence-corrected chi connectivity index (χ4v) is 2.83. The van der Waals surface area contributed by atoms with Crippen molar-refractivity contribution in [1.82, 2.24) is 15.5 Å². The molecule has 0 radical (unpaired) electrons. The molecule has 0 aliphatic carbocycles. The maximum absolute atomic E-state index is 12.0. The van der Waals surface area contributed by atoms with Crippen LogP contribution in [0.2, 0.25) is 0 Å². The zero-order chi connectivity index (χ0) is 19.9. The van der Waals surface area contributed by atoms with Crippen LogP contribution in [-0.4, -0.2) is 54.3 Å². The van der Waals surface area contributed by atoms with E-state index < -0.39 is 5.60 Å². The van der Waals surface area contributed by atoms with E-state index in [1.54, 1.807) is 6.26 Å². The van der Waals surface area contributed by atoms with Crippen LogP contribution in [0.25, 0.3) is 0 Å². The molecule has 2 N–H and O–H groups in total. The normalized spacial score (nSPS) is 19.1. The fraction of sp³-hybridized carbons (Fsp3) is 0.700. The number of hydrogen-bond acceptors (Lipinski definition) is 4. The van der Waals surface area contributed by atoms with Crippen LogP contribution >= 0.6 is 0 Å². The first kappa shape index (κ1) is 21.1. The zero-order valence-corrected chi connectivity index (χ0v) is 17.2. The second-order valence-electron chi connectivity index (χ2n) is 8.07. The molecular weight excluding hydrogens is 344 g/mol. The Morgan fingerprint density at radius 3 is 2.89 bits per heavy atom. The number of carbonyl (C=O) groups is 1. The van der Waals surface area contributed by atoms with Gasteiger partial charge in [0.15, 0.2) is 5.96 Å². The van der Waals surface area contributed by atoms with Crippen LogP contribution in [0.5, 0.6) is 0 Å². The van der Waals surface area contributed by atoms with Gasteiger partial charge < -0.3 is 24.7 Å². The second-order valence-corrected chi connectivity index (χ2v) is 8.07. The van der Waals surface area contributed by atoms with Gasteiger partial charge in [-0.2, -0.15) is 0 Å². The quantitative estimate of drug-likeness (QED) is 0.587. The van der Waals surface area contributed by atoms with Crippen molar-refractivity contribution in [2.75, 3.05) is 19.6 Å². The second kappa shape index (κ2) is 9.67. The molecule has 152 valence electrons. The fourth-order valence-electron chi connectivity index (χ4n) is 2.83. The Kier molecular flexibility index (Phi) is 7.56. The minimum atomic E-state index is -0.487. The summed E-state index contributed by atoms with van der Waals surface area (Å²) in [6, 6.07) is 4.26. The number of carbonyl (C=O) groups excluding carboxylic acids is 1. The molecule has 0 saturated carbocycles. The summed E-state index contributed by atoms with van der Waals surface area (Å²) in [6.45, 7) is 12.1. The SMILES string of the molecule is CCC(C)NC(=NCCc1ccco1)N1CCC(NC(=O)OC(C)(C)C)C1. The molecule has 0 spiro atoms. The highest BCUT2D eigenvalue weighted by Crippen LogP contribution is 2.13. The Hall–Kier alpha value is -2.18. The number of rotatable bonds is 6. The number of furan rings is 1. The Morgan fingerprint density at radius 1 is 1.48 bits per heavy atom. The van der Waals surface area contributed by atoms with Crippen molar-refractivity contribution in [3.63, 3.8) is 0 Å². The summed E-state index contributed by atoms with van der Waals surface area (Å²) in [5.74, 6) is 1.83. The van der Waals surface area contributed by atoms with E-state index in [1.165, 1.54) is 0 Å². The first-order chi connectivity index (χ1) is 12.8. The van der Waals surface area contributed by atoms with Gasteiger partial charge in [0, 0.05) is 32.1 Å². The largest absolute Gasteiger partial charge is 0.469 e. The Morgan fingerprint density at radius 2 is 2.26 bits per heavy atom. The monoisotopic (exact) mass is 378 g/mol. The van der Waals surface area contributed by atoms with Crippen LogP contribution in [0.1, 0.15) is 53.2 Å². The number of nitrogens with zero attached hydrogens (tertiary/aromatic N) is 2. The van der Waals surface area contributed by atoms with E-state index in [0.29, 0.717) is 12.6 Å². The van der Waals surface area contributed by atoms with Gasteiger partial charge in [0.1, 0.15) is 11.4 Å². The van der Waals surface area contributed by atoms with Crippen molar-refractivity contribution in [2.45, 2.75) is 71.6 Å². The summed E-state index contributed by atoms with van der Waals surface area (Å²) in [6.07, 6.45) is 3.99. The highest BCUT2D eigenvalue weighted by molar-refractivity contribution is 5.80. The number of likely N-dealkylation sites (tertiary alicyclic amines) is 1. The van der Waals surface area contributed by atoms with Crippen molar-refractivity contribution in [1.29, 1.82) is 0 Å². The molecule has 7 heteroatoms. The van der Waals surface area contributed by atoms with Crippen molar-refractivity contribution in [2.24, 2.45) is 4.99 Å². The average Bonchev–Trinajstić information content (AvgIpc) is 3.23. The summed E-state index contributed by atoms with van der Waals surface area (Å²) in [7, 11) is 0. The number of aliphatic imine (C=N–C) groups is 1. The molecule has 1 amide bonds. The molecule has 1 aliphatic rings. The van der Waals surface area contributed by atoms with Gasteiger partial charge in [-0.05, 0) is 52.7 Å². The van der Waals surface area contributed by atoms with Crippen LogP contribution < -0.4 is 10.6 Å². The number of amides is 1. The first-order valence-corrected chi connectivity index (χ1v) is 9.84. The van der Waals surface area contributed by atoms with Crippen LogP contribution in [0.15, 0.2) is 27.8 Å². The standard InChI is InChI=1S/C20H34N4O3/c1-6-15(2)22-18(21-11-9-17-8-7-13-26-17)24-12-10-16(14-24)23-19(25)27-20(3,4)5/h7-8,13,15-16H,6,9-12,14H2,1-5H3,(H,21,22)(H,23,25). The van der Waals surface area contributed by atoms with E-state index in [1.807, 2.05) is 32.9 Å². The summed E-state index contributed by atoms with van der Waals surface area (Å²) in [4.78, 5) is 19.0. The number of ether oxygens (including phenoxy) is 1. The van der Waals surface area contributed by atoms with Gasteiger partial charge in [-0.3, -0.25) is 4.99 Å². The maximum atomic E-state index is 12.0. The van der Waals surface area contributed by atoms with Crippen LogP contribution in [0.4, 0.5) is 4.79 Å². The smallest absolute Gasteiger partial charge is 0.407 e. The number of alkyl carbamates (subject to hydrolysis) is 1. The topological polar surface area (TPSA) is 79.1 Å². The van der Waals surface area contributed by atoms with Crippen LogP contribution in [-0.2, 0) is 11.2 Å². The Bertz CT molecular complexity index is 607. The van der Waals surface area contributed by atoms with Crippen LogP contribution in [0.3, 0.4) is 0 Å². The highest BCUT2D eigenvalue weighted by atomic mass is 16.6. The molecule has 1 saturated heterocycles. The number of hydrogen-bond donors (Lipinski definition) is 2. The summed E-state index contributed by atoms with van der Waals surface area (Å²) in [5.41, 5.74) is -0.487. The van der Waals surface area contributed by atoms with E-state index >= 15 is 0 Å². The molecule has 1 aliphatic heterocycles. The number of guanidine groups is 1. The molecule has 2 unspecified atom stereocenters. The summed E-state index contributed by atoms with van der Waals surface area (Å²) >= 11 is 0. The van der Waals surface area contributed by atoms with Gasteiger partial charge in [0.25, 0.3) is 0 Å². The molecule has 2 atom stereocenters. The molecule has 0 aromatic carbocycles. The van der Waals surface area contributed by atoms with Gasteiger partial charge in [0.05, 0.1) is 12.3 Å². The summed E-state index contributed by atoms with van der Waals surface area (Å²) in [5, 5.41) is 6.47. The third kappa shape index (κ3) is 7.53. The molecule has 1 fully saturated rings. The lowest BCUT2D eigenvalue weighted by Crippen LogP contribution is -2.46. The Balaban J connectivity index is 1.91. The van der Waals surface area contributed by atoms with Crippen molar-refractivity contribution in [3.05, 3.63) is 24.2 Å². The minimum absolute atomic E-state index is 0.0638. The molecule has 27 heavy (non-hydrogen) atoms. The van der Waals surface area contributed by atoms with E-state index in [2.05, 4.69) is 29.4 Å². The maximum Gasteiger partial charge on any atom is 0.407 e. The highest BCUT2D eigenvalue weighted by Gasteiger charge is 2.28. The molecule has 2 heterocycles. The van der Waals surface area contributed by atoms with E-state index in [4.69, 9.17) is 14.1 Å². The van der Waals surface area contributed by atoms with Gasteiger partial charge in [-0.1, -0.05) is 6.92 Å². The zero-order valence-electron chi connectivity index (χ0n) is 17.2. The van der Waals surface area contributed by atoms with Gasteiger partial charge in [-0.15, -0.1) is 0 Å². The van der Waals surface area contributed by atoms with Crippen molar-refractivity contribution in [3.8, 4) is 0 Å². The predicted octanol–water partition coefficient (Wildman–Crippen LogP) is 3.17. The lowest BCUT2D eigenvalue weighted by molar-refractivity contribution is 0.0507. The Labute approximate surface area is 162 Å². The number of nitrogens with one attached hydrogen (secondary N) is 2. The molecule has 1 aromatic rings. The lowest BCUT2D eigenvalue weighted by atomic mass is 10.2. The van der Waals surface area contributed by atoms with Gasteiger partial charge >= 0.3 is 6.09 Å². The third-order valence-corrected chi connectivity index (χ3v) is 4.40. The third-order valence-electron chi connectivity index (χ3n) is 4.40. The first-order valence-electron chi connectivity index (χ1n) is 9.84. The van der Waals surface area contributed by atoms with E-state index in [-0.39, 0.29) is 12.1 Å². The molecular formula is C20H34N4O3. The minimum Gasteiger partial charge on any atom is -0.469 e. The van der Waals surface area contributed by atoms with Crippen LogP contribution in [0, 0.1) is 0 Å². The van der Waals surface area contributed by atoms with Gasteiger partial charge in [-0.25, -0.2) is 4.79 Å². The van der Waals surface area contributed by atoms with Crippen molar-refractivity contribution >= 4 is 12.1 Å². The molecule has 1 aromatic heterocycles. The van der Waals surface area contributed by atoms with Gasteiger partial charge in [0.2, 0.25) is 0 Å².